The van der Waals surface area contributed by atoms with Crippen molar-refractivity contribution in [3.05, 3.63) is 46.9 Å². The number of aryl methyl sites for hydroxylation is 1. The molecule has 0 spiro atoms. The van der Waals surface area contributed by atoms with Crippen LogP contribution in [0.25, 0.3) is 10.2 Å². The Balaban J connectivity index is 1.91. The van der Waals surface area contributed by atoms with Crippen molar-refractivity contribution in [3.63, 3.8) is 0 Å². The largest absolute Gasteiger partial charge is 0.359 e. The van der Waals surface area contributed by atoms with Crippen molar-refractivity contribution in [1.82, 2.24) is 19.9 Å². The third-order valence-electron chi connectivity index (χ3n) is 4.74. The zero-order chi connectivity index (χ0) is 19.4. The van der Waals surface area contributed by atoms with E-state index in [-0.39, 0.29) is 5.91 Å². The number of hydrogen-bond donors (Lipinski definition) is 0. The second-order valence-electron chi connectivity index (χ2n) is 6.40. The summed E-state index contributed by atoms with van der Waals surface area (Å²) in [6, 6.07) is 5.95. The van der Waals surface area contributed by atoms with Crippen molar-refractivity contribution >= 4 is 33.3 Å². The highest BCUT2D eigenvalue weighted by atomic mass is 32.1. The molecule has 0 radical (unpaired) electrons. The number of fused-ring (bicyclic) bond motifs is 1. The normalized spacial score (nSPS) is 11.0. The standard InChI is InChI=1S/C20H25N5OS/c1-5-25(6-2)20(26)17-14(3)16-18(22-13-23-19(16)27-17)24(4)12-10-15-9-7-8-11-21-15/h7-9,11,13H,5-6,10,12H2,1-4H3. The van der Waals surface area contributed by atoms with Gasteiger partial charge in [0.05, 0.1) is 10.3 Å². The zero-order valence-corrected chi connectivity index (χ0v) is 17.1. The first-order chi connectivity index (χ1) is 13.1. The summed E-state index contributed by atoms with van der Waals surface area (Å²) in [5, 5.41) is 0.974. The van der Waals surface area contributed by atoms with E-state index in [0.29, 0.717) is 13.1 Å². The number of carbonyl (C=O) groups excluding carboxylic acids is 1. The predicted molar refractivity (Wildman–Crippen MR) is 111 cm³/mol. The molecule has 0 aromatic carbocycles. The lowest BCUT2D eigenvalue weighted by atomic mass is 10.1. The number of nitrogens with zero attached hydrogens (tertiary/aromatic N) is 5. The number of likely N-dealkylation sites (N-methyl/N-ethyl adjacent to an activating group) is 1. The predicted octanol–water partition coefficient (Wildman–Crippen LogP) is 3.56. The van der Waals surface area contributed by atoms with Crippen molar-refractivity contribution in [3.8, 4) is 0 Å². The smallest absolute Gasteiger partial charge is 0.264 e. The molecular formula is C20H25N5OS. The van der Waals surface area contributed by atoms with Crippen LogP contribution in [0.15, 0.2) is 30.7 Å². The van der Waals surface area contributed by atoms with E-state index in [1.807, 2.05) is 57.1 Å². The van der Waals surface area contributed by atoms with Crippen LogP contribution in [0.1, 0.15) is 34.8 Å². The van der Waals surface area contributed by atoms with Gasteiger partial charge in [-0.3, -0.25) is 9.78 Å². The maximum Gasteiger partial charge on any atom is 0.264 e. The molecule has 7 heteroatoms. The molecule has 3 heterocycles. The van der Waals surface area contributed by atoms with Crippen LogP contribution in [0.5, 0.6) is 0 Å². The molecule has 0 aliphatic carbocycles. The highest BCUT2D eigenvalue weighted by Crippen LogP contribution is 2.35. The number of carbonyl (C=O) groups is 1. The lowest BCUT2D eigenvalue weighted by Crippen LogP contribution is -2.30. The van der Waals surface area contributed by atoms with Gasteiger partial charge in [0.1, 0.15) is 17.0 Å². The fourth-order valence-corrected chi connectivity index (χ4v) is 4.25. The van der Waals surface area contributed by atoms with E-state index < -0.39 is 0 Å². The second kappa shape index (κ2) is 8.43. The van der Waals surface area contributed by atoms with Crippen molar-refractivity contribution in [2.75, 3.05) is 31.6 Å². The Morgan fingerprint density at radius 2 is 1.93 bits per heavy atom. The Hall–Kier alpha value is -2.54. The first-order valence-electron chi connectivity index (χ1n) is 9.21. The summed E-state index contributed by atoms with van der Waals surface area (Å²) in [5.41, 5.74) is 2.02. The maximum atomic E-state index is 12.9. The van der Waals surface area contributed by atoms with Gasteiger partial charge >= 0.3 is 0 Å². The molecule has 0 aliphatic heterocycles. The highest BCUT2D eigenvalue weighted by Gasteiger charge is 2.23. The summed E-state index contributed by atoms with van der Waals surface area (Å²) >= 11 is 1.46. The van der Waals surface area contributed by atoms with Crippen LogP contribution in [-0.4, -0.2) is 52.4 Å². The van der Waals surface area contributed by atoms with Gasteiger partial charge in [-0.05, 0) is 38.5 Å². The summed E-state index contributed by atoms with van der Waals surface area (Å²) in [6.07, 6.45) is 4.22. The molecule has 3 aromatic rings. The Morgan fingerprint density at radius 1 is 1.15 bits per heavy atom. The summed E-state index contributed by atoms with van der Waals surface area (Å²) in [7, 11) is 2.02. The number of rotatable bonds is 7. The maximum absolute atomic E-state index is 12.9. The molecule has 0 N–H and O–H groups in total. The van der Waals surface area contributed by atoms with E-state index in [9.17, 15) is 4.79 Å². The topological polar surface area (TPSA) is 62.2 Å². The van der Waals surface area contributed by atoms with E-state index in [4.69, 9.17) is 0 Å². The number of hydrogen-bond acceptors (Lipinski definition) is 6. The molecule has 3 aromatic heterocycles. The monoisotopic (exact) mass is 383 g/mol. The van der Waals surface area contributed by atoms with Crippen LogP contribution in [0.2, 0.25) is 0 Å². The first-order valence-corrected chi connectivity index (χ1v) is 10.0. The average molecular weight is 384 g/mol. The fourth-order valence-electron chi connectivity index (χ4n) is 3.14. The fraction of sp³-hybridized carbons (Fsp3) is 0.400. The Morgan fingerprint density at radius 3 is 2.59 bits per heavy atom. The number of pyridine rings is 1. The SMILES string of the molecule is CCN(CC)C(=O)c1sc2ncnc(N(C)CCc3ccccn3)c2c1C. The van der Waals surface area contributed by atoms with Crippen LogP contribution in [0.4, 0.5) is 5.82 Å². The van der Waals surface area contributed by atoms with Crippen LogP contribution >= 0.6 is 11.3 Å². The first kappa shape index (κ1) is 19.2. The van der Waals surface area contributed by atoms with Gasteiger partial charge in [0.25, 0.3) is 5.91 Å². The molecule has 142 valence electrons. The molecule has 3 rings (SSSR count). The molecule has 0 bridgehead atoms. The van der Waals surface area contributed by atoms with Gasteiger partial charge in [-0.1, -0.05) is 6.07 Å². The minimum Gasteiger partial charge on any atom is -0.359 e. The molecule has 6 nitrogen and oxygen atoms in total. The molecule has 0 saturated heterocycles. The summed E-state index contributed by atoms with van der Waals surface area (Å²) in [4.78, 5) is 31.7. The van der Waals surface area contributed by atoms with Gasteiger partial charge < -0.3 is 9.80 Å². The van der Waals surface area contributed by atoms with Crippen LogP contribution in [-0.2, 0) is 6.42 Å². The molecule has 27 heavy (non-hydrogen) atoms. The van der Waals surface area contributed by atoms with Gasteiger partial charge in [-0.2, -0.15) is 0 Å². The molecule has 0 atom stereocenters. The van der Waals surface area contributed by atoms with Gasteiger partial charge in [0.15, 0.2) is 0 Å². The van der Waals surface area contributed by atoms with Crippen molar-refractivity contribution in [1.29, 1.82) is 0 Å². The number of anilines is 1. The number of aromatic nitrogens is 3. The van der Waals surface area contributed by atoms with E-state index >= 15 is 0 Å². The zero-order valence-electron chi connectivity index (χ0n) is 16.3. The lowest BCUT2D eigenvalue weighted by molar-refractivity contribution is 0.0777. The second-order valence-corrected chi connectivity index (χ2v) is 7.40. The van der Waals surface area contributed by atoms with Crippen molar-refractivity contribution < 1.29 is 4.79 Å². The molecule has 0 saturated carbocycles. The van der Waals surface area contributed by atoms with Gasteiger partial charge in [-0.15, -0.1) is 11.3 Å². The highest BCUT2D eigenvalue weighted by molar-refractivity contribution is 7.20. The molecule has 0 fully saturated rings. The van der Waals surface area contributed by atoms with Gasteiger partial charge in [-0.25, -0.2) is 9.97 Å². The van der Waals surface area contributed by atoms with Crippen LogP contribution in [0.3, 0.4) is 0 Å². The van der Waals surface area contributed by atoms with Gasteiger partial charge in [0, 0.05) is 45.0 Å². The minimum absolute atomic E-state index is 0.0718. The van der Waals surface area contributed by atoms with E-state index in [1.165, 1.54) is 11.3 Å². The molecular weight excluding hydrogens is 358 g/mol. The molecule has 0 aliphatic rings. The summed E-state index contributed by atoms with van der Waals surface area (Å²) in [6.45, 7) is 8.19. The van der Waals surface area contributed by atoms with Crippen molar-refractivity contribution in [2.24, 2.45) is 0 Å². The third-order valence-corrected chi connectivity index (χ3v) is 5.93. The van der Waals surface area contributed by atoms with Crippen molar-refractivity contribution in [2.45, 2.75) is 27.2 Å². The van der Waals surface area contributed by atoms with E-state index in [2.05, 4.69) is 19.9 Å². The Kier molecular flexibility index (Phi) is 6.01. The lowest BCUT2D eigenvalue weighted by Gasteiger charge is -2.19. The molecule has 1 amide bonds. The minimum atomic E-state index is 0.0718. The Bertz CT molecular complexity index is 921. The quantitative estimate of drug-likeness (QED) is 0.624. The molecule has 0 unspecified atom stereocenters. The van der Waals surface area contributed by atoms with Gasteiger partial charge in [0.2, 0.25) is 0 Å². The summed E-state index contributed by atoms with van der Waals surface area (Å²) in [5.74, 6) is 0.936. The average Bonchev–Trinajstić information content (AvgIpc) is 3.04. The van der Waals surface area contributed by atoms with E-state index in [0.717, 1.165) is 45.1 Å². The van der Waals surface area contributed by atoms with Crippen LogP contribution in [0, 0.1) is 6.92 Å². The number of thiophene rings is 1. The van der Waals surface area contributed by atoms with Crippen LogP contribution < -0.4 is 4.90 Å². The number of amides is 1. The Labute approximate surface area is 163 Å². The third kappa shape index (κ3) is 3.93. The summed E-state index contributed by atoms with van der Waals surface area (Å²) < 4.78 is 0. The van der Waals surface area contributed by atoms with E-state index in [1.54, 1.807) is 6.33 Å².